The van der Waals surface area contributed by atoms with Gasteiger partial charge in [-0.25, -0.2) is 0 Å². The number of nitrogens with zero attached hydrogens (tertiary/aromatic N) is 2. The number of benzene rings is 2. The first-order chi connectivity index (χ1) is 15.4. The van der Waals surface area contributed by atoms with Crippen LogP contribution in [-0.4, -0.2) is 9.97 Å². The minimum Gasteiger partial charge on any atom is -0.305 e. The second kappa shape index (κ2) is 10.5. The fourth-order valence-electron chi connectivity index (χ4n) is 4.25. The predicted octanol–water partition coefficient (Wildman–Crippen LogP) is 7.44. The maximum atomic E-state index is 4.45. The van der Waals surface area contributed by atoms with Crippen molar-refractivity contribution in [2.75, 3.05) is 0 Å². The zero-order valence-corrected chi connectivity index (χ0v) is 22.1. The monoisotopic (exact) mass is 611 g/mol. The number of rotatable bonds is 2. The van der Waals surface area contributed by atoms with Crippen molar-refractivity contribution in [3.8, 4) is 22.5 Å². The van der Waals surface area contributed by atoms with Crippen LogP contribution in [0.2, 0.25) is 0 Å². The quantitative estimate of drug-likeness (QED) is 0.221. The fraction of sp³-hybridized carbons (Fsp3) is 0.267. The first-order valence-corrected chi connectivity index (χ1v) is 11.2. The fourth-order valence-corrected chi connectivity index (χ4v) is 4.25. The Morgan fingerprint density at radius 1 is 0.667 bits per heavy atom. The molecular formula is C30H30IrN2-2. The van der Waals surface area contributed by atoms with Crippen molar-refractivity contribution in [1.82, 2.24) is 9.97 Å². The van der Waals surface area contributed by atoms with Crippen LogP contribution in [0, 0.1) is 12.1 Å². The van der Waals surface area contributed by atoms with Gasteiger partial charge in [0.15, 0.2) is 0 Å². The van der Waals surface area contributed by atoms with Gasteiger partial charge >= 0.3 is 0 Å². The van der Waals surface area contributed by atoms with Gasteiger partial charge in [-0.1, -0.05) is 58.4 Å². The molecule has 4 aromatic rings. The minimum atomic E-state index is 0. The summed E-state index contributed by atoms with van der Waals surface area (Å²) in [5.74, 6) is 0. The van der Waals surface area contributed by atoms with Gasteiger partial charge in [-0.3, -0.25) is 0 Å². The van der Waals surface area contributed by atoms with E-state index in [0.717, 1.165) is 22.5 Å². The number of pyridine rings is 2. The molecule has 171 valence electrons. The molecule has 0 spiro atoms. The smallest absolute Gasteiger partial charge is 0.0160 e. The van der Waals surface area contributed by atoms with Crippen LogP contribution in [0.4, 0.5) is 0 Å². The Hall–Kier alpha value is -2.61. The van der Waals surface area contributed by atoms with Crippen LogP contribution in [-0.2, 0) is 30.9 Å². The maximum Gasteiger partial charge on any atom is 0.0160 e. The normalized spacial score (nSPS) is 15.3. The Balaban J connectivity index is 0.000000202. The summed E-state index contributed by atoms with van der Waals surface area (Å²) < 4.78 is 0. The zero-order chi connectivity index (χ0) is 22.6. The van der Waals surface area contributed by atoms with Crippen LogP contribution in [0.15, 0.2) is 85.2 Å². The Bertz CT molecular complexity index is 1120. The summed E-state index contributed by atoms with van der Waals surface area (Å²) in [6.07, 6.45) is 6.11. The predicted molar refractivity (Wildman–Crippen MR) is 132 cm³/mol. The van der Waals surface area contributed by atoms with Crippen molar-refractivity contribution < 1.29 is 20.1 Å². The number of hydrogen-bond acceptors (Lipinski definition) is 2. The molecule has 33 heavy (non-hydrogen) atoms. The van der Waals surface area contributed by atoms with Crippen LogP contribution in [0.1, 0.15) is 51.7 Å². The third kappa shape index (κ3) is 5.85. The molecule has 0 amide bonds. The summed E-state index contributed by atoms with van der Waals surface area (Å²) in [5, 5.41) is 0. The molecule has 0 fully saturated rings. The Morgan fingerprint density at radius 2 is 1.24 bits per heavy atom. The standard InChI is InChI=1S/C19H22N.C11H8N.Ir/c1-18(2)10-11-19(3,4)16-13-14(8-9-15(16)18)17-7-5-6-12-20-17;1-2-6-10(7-3-1)11-8-4-5-9-12-11;/h5-7,9,12-13H,10-11H2,1-4H3;1-6,8-9H;/q2*-1;. The molecule has 2 aromatic carbocycles. The van der Waals surface area contributed by atoms with Crippen molar-refractivity contribution in [3.63, 3.8) is 0 Å². The van der Waals surface area contributed by atoms with Crippen LogP contribution in [0.5, 0.6) is 0 Å². The summed E-state index contributed by atoms with van der Waals surface area (Å²) in [4.78, 5) is 8.67. The average Bonchev–Trinajstić information content (AvgIpc) is 2.84. The Kier molecular flexibility index (Phi) is 8.00. The van der Waals surface area contributed by atoms with E-state index in [2.05, 4.69) is 68.0 Å². The molecule has 0 saturated carbocycles. The summed E-state index contributed by atoms with van der Waals surface area (Å²) in [6.45, 7) is 9.39. The zero-order valence-electron chi connectivity index (χ0n) is 19.7. The van der Waals surface area contributed by atoms with Gasteiger partial charge in [0, 0.05) is 32.5 Å². The van der Waals surface area contributed by atoms with Crippen molar-refractivity contribution in [1.29, 1.82) is 0 Å². The van der Waals surface area contributed by atoms with Gasteiger partial charge in [-0.2, -0.15) is 0 Å². The number of fused-ring (bicyclic) bond motifs is 1. The second-order valence-electron chi connectivity index (χ2n) is 9.65. The molecule has 0 atom stereocenters. The molecule has 0 N–H and O–H groups in total. The first kappa shape index (κ1) is 25.0. The van der Waals surface area contributed by atoms with Crippen molar-refractivity contribution in [2.45, 2.75) is 51.4 Å². The average molecular weight is 611 g/mol. The summed E-state index contributed by atoms with van der Waals surface area (Å²) in [7, 11) is 0. The van der Waals surface area contributed by atoms with E-state index in [1.807, 2.05) is 60.8 Å². The Labute approximate surface area is 211 Å². The van der Waals surface area contributed by atoms with Crippen molar-refractivity contribution in [2.24, 2.45) is 0 Å². The van der Waals surface area contributed by atoms with Gasteiger partial charge in [0.05, 0.1) is 0 Å². The van der Waals surface area contributed by atoms with Gasteiger partial charge in [0.1, 0.15) is 0 Å². The summed E-state index contributed by atoms with van der Waals surface area (Å²) in [6, 6.07) is 30.8. The third-order valence-corrected chi connectivity index (χ3v) is 6.37. The van der Waals surface area contributed by atoms with Crippen LogP contribution >= 0.6 is 0 Å². The summed E-state index contributed by atoms with van der Waals surface area (Å²) >= 11 is 0. The molecule has 1 aliphatic rings. The van der Waals surface area contributed by atoms with E-state index in [9.17, 15) is 0 Å². The first-order valence-electron chi connectivity index (χ1n) is 11.2. The molecular weight excluding hydrogens is 581 g/mol. The number of aromatic nitrogens is 2. The minimum absolute atomic E-state index is 0. The summed E-state index contributed by atoms with van der Waals surface area (Å²) in [5.41, 5.74) is 7.54. The van der Waals surface area contributed by atoms with E-state index in [4.69, 9.17) is 0 Å². The molecule has 3 heteroatoms. The molecule has 1 radical (unpaired) electrons. The van der Waals surface area contributed by atoms with Gasteiger partial charge in [0.2, 0.25) is 0 Å². The molecule has 1 aliphatic carbocycles. The van der Waals surface area contributed by atoms with Crippen molar-refractivity contribution >= 4 is 0 Å². The second-order valence-corrected chi connectivity index (χ2v) is 9.65. The van der Waals surface area contributed by atoms with E-state index in [-0.39, 0.29) is 30.9 Å². The van der Waals surface area contributed by atoms with Crippen LogP contribution < -0.4 is 0 Å². The van der Waals surface area contributed by atoms with E-state index >= 15 is 0 Å². The van der Waals surface area contributed by atoms with Gasteiger partial charge < -0.3 is 9.97 Å². The molecule has 2 aromatic heterocycles. The Morgan fingerprint density at radius 3 is 1.79 bits per heavy atom. The SMILES string of the molecule is CC1(C)CCC(C)(C)c2cc(-c3ccccn3)[c-]cc21.[Ir].[c-]1ccccc1-c1ccccn1. The molecule has 0 aliphatic heterocycles. The molecule has 5 rings (SSSR count). The van der Waals surface area contributed by atoms with Gasteiger partial charge in [-0.05, 0) is 40.8 Å². The van der Waals surface area contributed by atoms with E-state index in [1.165, 1.54) is 24.0 Å². The van der Waals surface area contributed by atoms with E-state index in [0.29, 0.717) is 0 Å². The molecule has 2 nitrogen and oxygen atoms in total. The molecule has 0 bridgehead atoms. The largest absolute Gasteiger partial charge is 0.305 e. The van der Waals surface area contributed by atoms with Gasteiger partial charge in [0.25, 0.3) is 0 Å². The molecule has 2 heterocycles. The topological polar surface area (TPSA) is 25.8 Å². The third-order valence-electron chi connectivity index (χ3n) is 6.37. The van der Waals surface area contributed by atoms with E-state index < -0.39 is 0 Å². The van der Waals surface area contributed by atoms with Crippen LogP contribution in [0.3, 0.4) is 0 Å². The van der Waals surface area contributed by atoms with Crippen molar-refractivity contribution in [3.05, 3.63) is 108 Å². The number of hydrogen-bond donors (Lipinski definition) is 0. The maximum absolute atomic E-state index is 4.45. The molecule has 0 saturated heterocycles. The molecule has 0 unspecified atom stereocenters. The van der Waals surface area contributed by atoms with E-state index in [1.54, 1.807) is 6.20 Å². The van der Waals surface area contributed by atoms with Crippen LogP contribution in [0.25, 0.3) is 22.5 Å². The van der Waals surface area contributed by atoms with Gasteiger partial charge in [-0.15, -0.1) is 70.8 Å².